The SMILES string of the molecule is CC(=O)OC[C@H]1O[C@H](O[C@H]2[C@@H](OCc3ccccc3)[C@H](OCc3ccccc3)[C@@H](COCc3ccccc3)O[C@@H]2O)[C@@H](OCc2ccccc2)[C@@H](OCc2ccccc2)[C@@H]1OCc1ccccc1. The van der Waals surface area contributed by atoms with Crippen LogP contribution in [0.15, 0.2) is 182 Å². The summed E-state index contributed by atoms with van der Waals surface area (Å²) in [5, 5.41) is 12.2. The third-order valence-corrected chi connectivity index (χ3v) is 11.8. The maximum Gasteiger partial charge on any atom is 0.302 e. The number of esters is 1. The maximum atomic E-state index is 12.5. The van der Waals surface area contributed by atoms with Crippen molar-refractivity contribution >= 4 is 5.97 Å². The summed E-state index contributed by atoms with van der Waals surface area (Å²) in [6.07, 6.45) is -10.2. The largest absolute Gasteiger partial charge is 0.463 e. The van der Waals surface area contributed by atoms with Gasteiger partial charge in [-0.05, 0) is 33.4 Å². The first-order chi connectivity index (χ1) is 33.5. The van der Waals surface area contributed by atoms with Gasteiger partial charge in [-0.15, -0.1) is 0 Å². The van der Waals surface area contributed by atoms with Crippen molar-refractivity contribution in [1.82, 2.24) is 0 Å². The van der Waals surface area contributed by atoms with E-state index in [2.05, 4.69) is 0 Å². The zero-order valence-corrected chi connectivity index (χ0v) is 38.2. The quantitative estimate of drug-likeness (QED) is 0.0619. The number of aliphatic hydroxyl groups excluding tert-OH is 1. The lowest BCUT2D eigenvalue weighted by atomic mass is 9.96. The molecule has 2 aliphatic heterocycles. The van der Waals surface area contributed by atoms with E-state index < -0.39 is 67.4 Å². The van der Waals surface area contributed by atoms with E-state index in [-0.39, 0.29) is 46.2 Å². The Morgan fingerprint density at radius 2 is 0.735 bits per heavy atom. The lowest BCUT2D eigenvalue weighted by molar-refractivity contribution is -0.378. The van der Waals surface area contributed by atoms with Crippen LogP contribution in [0.25, 0.3) is 0 Å². The van der Waals surface area contributed by atoms with E-state index in [1.807, 2.05) is 182 Å². The van der Waals surface area contributed by atoms with Crippen LogP contribution >= 0.6 is 0 Å². The lowest BCUT2D eigenvalue weighted by Gasteiger charge is -2.49. The van der Waals surface area contributed by atoms with Gasteiger partial charge in [-0.2, -0.15) is 0 Å². The molecule has 10 atom stereocenters. The van der Waals surface area contributed by atoms with Gasteiger partial charge in [0.25, 0.3) is 0 Å². The summed E-state index contributed by atoms with van der Waals surface area (Å²) >= 11 is 0. The summed E-state index contributed by atoms with van der Waals surface area (Å²) in [4.78, 5) is 12.5. The van der Waals surface area contributed by atoms with Crippen LogP contribution in [0.1, 0.15) is 40.3 Å². The molecule has 0 bridgehead atoms. The van der Waals surface area contributed by atoms with Gasteiger partial charge in [-0.25, -0.2) is 0 Å². The molecule has 356 valence electrons. The Hall–Kier alpha value is -5.61. The second-order valence-electron chi connectivity index (χ2n) is 16.8. The van der Waals surface area contributed by atoms with Crippen molar-refractivity contribution in [2.75, 3.05) is 13.2 Å². The van der Waals surface area contributed by atoms with Gasteiger partial charge >= 0.3 is 5.97 Å². The molecule has 6 aromatic carbocycles. The van der Waals surface area contributed by atoms with Gasteiger partial charge in [0.2, 0.25) is 0 Å². The molecule has 2 saturated heterocycles. The highest BCUT2D eigenvalue weighted by atomic mass is 16.8. The Bertz CT molecular complexity index is 2330. The Kier molecular flexibility index (Phi) is 18.4. The number of rotatable bonds is 23. The fourth-order valence-corrected chi connectivity index (χ4v) is 8.31. The zero-order chi connectivity index (χ0) is 46.8. The predicted molar refractivity (Wildman–Crippen MR) is 252 cm³/mol. The summed E-state index contributed by atoms with van der Waals surface area (Å²) in [7, 11) is 0. The van der Waals surface area contributed by atoms with Crippen molar-refractivity contribution < 1.29 is 57.3 Å². The summed E-state index contributed by atoms with van der Waals surface area (Å²) in [6.45, 7) is 2.45. The summed E-state index contributed by atoms with van der Waals surface area (Å²) in [5.74, 6) is -0.499. The fraction of sp³-hybridized carbons (Fsp3) is 0.339. The molecule has 2 heterocycles. The predicted octanol–water partition coefficient (Wildman–Crippen LogP) is 8.52. The summed E-state index contributed by atoms with van der Waals surface area (Å²) in [6, 6.07) is 58.7. The zero-order valence-electron chi connectivity index (χ0n) is 38.2. The molecular weight excluding hydrogens is 865 g/mol. The average Bonchev–Trinajstić information content (AvgIpc) is 3.38. The lowest BCUT2D eigenvalue weighted by Crippen LogP contribution is -2.66. The first-order valence-electron chi connectivity index (χ1n) is 23.1. The normalized spacial score (nSPS) is 24.9. The molecule has 0 saturated carbocycles. The van der Waals surface area contributed by atoms with E-state index in [4.69, 9.17) is 47.4 Å². The van der Waals surface area contributed by atoms with Crippen LogP contribution in [-0.2, 0) is 91.8 Å². The van der Waals surface area contributed by atoms with E-state index in [9.17, 15) is 9.90 Å². The first kappa shape index (κ1) is 48.8. The minimum atomic E-state index is -1.56. The van der Waals surface area contributed by atoms with Crippen molar-refractivity contribution in [2.24, 2.45) is 0 Å². The van der Waals surface area contributed by atoms with Gasteiger partial charge in [0.15, 0.2) is 12.6 Å². The molecule has 6 aromatic rings. The van der Waals surface area contributed by atoms with Crippen molar-refractivity contribution in [1.29, 1.82) is 0 Å². The molecule has 8 rings (SSSR count). The Morgan fingerprint density at radius 3 is 1.12 bits per heavy atom. The van der Waals surface area contributed by atoms with Crippen LogP contribution in [0.4, 0.5) is 0 Å². The van der Waals surface area contributed by atoms with Crippen molar-refractivity contribution in [2.45, 2.75) is 108 Å². The minimum Gasteiger partial charge on any atom is -0.463 e. The fourth-order valence-electron chi connectivity index (χ4n) is 8.31. The molecule has 12 nitrogen and oxygen atoms in total. The molecule has 2 aliphatic rings. The van der Waals surface area contributed by atoms with E-state index in [1.54, 1.807) is 0 Å². The third-order valence-electron chi connectivity index (χ3n) is 11.8. The number of ether oxygens (including phenoxy) is 10. The van der Waals surface area contributed by atoms with Crippen molar-refractivity contribution in [3.05, 3.63) is 215 Å². The highest BCUT2D eigenvalue weighted by molar-refractivity contribution is 5.65. The first-order valence-corrected chi connectivity index (χ1v) is 23.1. The number of hydrogen-bond donors (Lipinski definition) is 1. The molecular formula is C56H60O12. The average molecular weight is 925 g/mol. The van der Waals surface area contributed by atoms with Gasteiger partial charge in [-0.3, -0.25) is 4.79 Å². The number of carbonyl (C=O) groups excluding carboxylic acids is 1. The highest BCUT2D eigenvalue weighted by Gasteiger charge is 2.54. The van der Waals surface area contributed by atoms with Crippen LogP contribution in [-0.4, -0.2) is 85.7 Å². The third kappa shape index (κ3) is 14.2. The van der Waals surface area contributed by atoms with Gasteiger partial charge in [0, 0.05) is 6.92 Å². The van der Waals surface area contributed by atoms with E-state index in [1.165, 1.54) is 6.92 Å². The van der Waals surface area contributed by atoms with E-state index in [0.29, 0.717) is 6.61 Å². The van der Waals surface area contributed by atoms with Crippen LogP contribution in [0, 0.1) is 0 Å². The van der Waals surface area contributed by atoms with Crippen LogP contribution in [0.2, 0.25) is 0 Å². The topological polar surface area (TPSA) is 130 Å². The monoisotopic (exact) mass is 924 g/mol. The molecule has 12 heteroatoms. The highest BCUT2D eigenvalue weighted by Crippen LogP contribution is 2.36. The minimum absolute atomic E-state index is 0.0758. The molecule has 0 aromatic heterocycles. The van der Waals surface area contributed by atoms with Crippen LogP contribution in [0.3, 0.4) is 0 Å². The molecule has 0 unspecified atom stereocenters. The molecule has 0 aliphatic carbocycles. The standard InChI is InChI=1S/C56H60O12/c1-40(57)60-39-48-50(62-34-43-24-12-4-13-25-43)52(64-36-45-28-16-6-17-29-45)54(65-37-46-30-18-7-19-31-46)56(67-48)68-53-51(63-35-44-26-14-5-15-27-44)49(61-33-42-22-10-3-11-23-42)47(66-55(53)58)38-59-32-41-20-8-2-9-21-41/h2-31,47-56,58H,32-39H2,1H3/t47-,48-,49-,50-,51+,52+,53+,54+,55+,56-/m1/s1. The molecule has 68 heavy (non-hydrogen) atoms. The van der Waals surface area contributed by atoms with Gasteiger partial charge in [0.05, 0.1) is 46.2 Å². The maximum absolute atomic E-state index is 12.5. The smallest absolute Gasteiger partial charge is 0.302 e. The number of hydrogen-bond acceptors (Lipinski definition) is 12. The van der Waals surface area contributed by atoms with Gasteiger partial charge < -0.3 is 52.5 Å². The van der Waals surface area contributed by atoms with Crippen LogP contribution < -0.4 is 0 Å². The van der Waals surface area contributed by atoms with Crippen molar-refractivity contribution in [3.63, 3.8) is 0 Å². The summed E-state index contributed by atoms with van der Waals surface area (Å²) in [5.41, 5.74) is 5.55. The Morgan fingerprint density at radius 1 is 0.412 bits per heavy atom. The Balaban J connectivity index is 1.15. The number of aliphatic hydroxyl groups is 1. The number of benzene rings is 6. The Labute approximate surface area is 398 Å². The molecule has 1 N–H and O–H groups in total. The molecule has 2 fully saturated rings. The summed E-state index contributed by atoms with van der Waals surface area (Å²) < 4.78 is 66.3. The molecule has 0 amide bonds. The second kappa shape index (κ2) is 25.7. The van der Waals surface area contributed by atoms with Crippen molar-refractivity contribution in [3.8, 4) is 0 Å². The van der Waals surface area contributed by atoms with Gasteiger partial charge in [0.1, 0.15) is 55.4 Å². The molecule has 0 spiro atoms. The van der Waals surface area contributed by atoms with E-state index in [0.717, 1.165) is 33.4 Å². The van der Waals surface area contributed by atoms with Crippen LogP contribution in [0.5, 0.6) is 0 Å². The van der Waals surface area contributed by atoms with Gasteiger partial charge in [-0.1, -0.05) is 182 Å². The molecule has 0 radical (unpaired) electrons. The second-order valence-corrected chi connectivity index (χ2v) is 16.8. The van der Waals surface area contributed by atoms with E-state index >= 15 is 0 Å². The number of carbonyl (C=O) groups is 1.